The number of hydrogen-bond donors (Lipinski definition) is 0. The summed E-state index contributed by atoms with van der Waals surface area (Å²) in [7, 11) is 0. The minimum atomic E-state index is -0.897. The summed E-state index contributed by atoms with van der Waals surface area (Å²) >= 11 is 3.29. The topological polar surface area (TPSA) is 46.6 Å². The Bertz CT molecular complexity index is 577. The van der Waals surface area contributed by atoms with E-state index < -0.39 is 10.6 Å². The summed E-state index contributed by atoms with van der Waals surface area (Å²) in [6.45, 7) is 9.96. The van der Waals surface area contributed by atoms with Crippen LogP contribution in [0.5, 0.6) is 0 Å². The Morgan fingerprint density at radius 3 is 2.40 bits per heavy atom. The zero-order valence-corrected chi connectivity index (χ0v) is 17.6. The highest BCUT2D eigenvalue weighted by Crippen LogP contribution is 2.38. The minimum Gasteiger partial charge on any atom is -0.467 e. The molecule has 140 valence electrons. The van der Waals surface area contributed by atoms with Gasteiger partial charge in [-0.05, 0) is 25.5 Å². The Morgan fingerprint density at radius 2 is 1.88 bits per heavy atom. The zero-order valence-electron chi connectivity index (χ0n) is 16.0. The van der Waals surface area contributed by atoms with E-state index in [-0.39, 0.29) is 11.8 Å². The van der Waals surface area contributed by atoms with Crippen molar-refractivity contribution in [3.05, 3.63) is 35.6 Å². The second-order valence-corrected chi connectivity index (χ2v) is 7.65. The molecule has 0 aromatic heterocycles. The smallest absolute Gasteiger partial charge is 0.267 e. The van der Waals surface area contributed by atoms with E-state index in [1.165, 1.54) is 11.3 Å². The second-order valence-electron chi connectivity index (χ2n) is 6.27. The molecule has 1 aliphatic heterocycles. The largest absolute Gasteiger partial charge is 0.467 e. The highest BCUT2D eigenvalue weighted by atomic mass is 79.9. The Kier molecular flexibility index (Phi) is 8.63. The first kappa shape index (κ1) is 21.7. The van der Waals surface area contributed by atoms with Crippen LogP contribution in [-0.2, 0) is 14.3 Å². The van der Waals surface area contributed by atoms with E-state index in [1.807, 2.05) is 32.1 Å². The van der Waals surface area contributed by atoms with E-state index in [1.54, 1.807) is 13.0 Å². The van der Waals surface area contributed by atoms with Crippen molar-refractivity contribution in [2.24, 2.45) is 0 Å². The maximum absolute atomic E-state index is 13.0. The van der Waals surface area contributed by atoms with Crippen molar-refractivity contribution in [2.45, 2.75) is 77.3 Å². The van der Waals surface area contributed by atoms with Crippen molar-refractivity contribution in [3.63, 3.8) is 0 Å². The van der Waals surface area contributed by atoms with Crippen LogP contribution in [0.3, 0.4) is 0 Å². The van der Waals surface area contributed by atoms with Gasteiger partial charge in [-0.15, -0.1) is 0 Å². The van der Waals surface area contributed by atoms with Crippen molar-refractivity contribution in [3.8, 4) is 0 Å². The summed E-state index contributed by atoms with van der Waals surface area (Å²) in [5.74, 6) is 0.0458. The van der Waals surface area contributed by atoms with Crippen LogP contribution in [0.2, 0.25) is 0 Å². The van der Waals surface area contributed by atoms with E-state index >= 15 is 0 Å². The quantitative estimate of drug-likeness (QED) is 0.593. The molecule has 0 spiro atoms. The predicted molar refractivity (Wildman–Crippen MR) is 105 cm³/mol. The lowest BCUT2D eigenvalue weighted by atomic mass is 9.97. The van der Waals surface area contributed by atoms with Crippen molar-refractivity contribution in [1.29, 1.82) is 0 Å². The number of amides is 2. The third-order valence-corrected chi connectivity index (χ3v) is 4.38. The number of carbonyl (C=O) groups excluding carboxylic acids is 2. The molecule has 1 aliphatic carbocycles. The highest BCUT2D eigenvalue weighted by Gasteiger charge is 2.49. The Balaban J connectivity index is 0.000000970. The molecule has 0 N–H and O–H groups in total. The molecule has 2 rings (SSSR count). The molecule has 4 nitrogen and oxygen atoms in total. The summed E-state index contributed by atoms with van der Waals surface area (Å²) in [6.07, 6.45) is 11.5. The molecule has 0 aromatic rings. The van der Waals surface area contributed by atoms with Gasteiger partial charge in [0, 0.05) is 12.8 Å². The standard InChI is InChI=1S/C17H22BrNO3.C3H8/c1-4-11-17(5-2)19(15(20)12(3)18)16(21)13-9-7-6-8-10-14(13)22-17;1-3-2/h7-10,12H,4-6,11H2,1-3H3;3H2,1-2H3. The van der Waals surface area contributed by atoms with Gasteiger partial charge in [0.2, 0.25) is 5.91 Å². The van der Waals surface area contributed by atoms with Crippen LogP contribution in [0.1, 0.15) is 66.7 Å². The van der Waals surface area contributed by atoms with Crippen LogP contribution < -0.4 is 0 Å². The van der Waals surface area contributed by atoms with Crippen LogP contribution in [-0.4, -0.2) is 27.3 Å². The molecule has 2 unspecified atom stereocenters. The van der Waals surface area contributed by atoms with Gasteiger partial charge < -0.3 is 4.74 Å². The number of allylic oxidation sites excluding steroid dienone is 3. The molecule has 25 heavy (non-hydrogen) atoms. The number of imide groups is 1. The van der Waals surface area contributed by atoms with E-state index in [4.69, 9.17) is 4.74 Å². The molecule has 2 amide bonds. The van der Waals surface area contributed by atoms with E-state index in [9.17, 15) is 9.59 Å². The average molecular weight is 412 g/mol. The third kappa shape index (κ3) is 4.84. The van der Waals surface area contributed by atoms with Gasteiger partial charge in [-0.2, -0.15) is 0 Å². The van der Waals surface area contributed by atoms with Crippen LogP contribution >= 0.6 is 15.9 Å². The van der Waals surface area contributed by atoms with E-state index in [2.05, 4.69) is 29.8 Å². The molecular formula is C20H30BrNO3. The van der Waals surface area contributed by atoms with Crippen LogP contribution in [0.15, 0.2) is 35.6 Å². The fourth-order valence-corrected chi connectivity index (χ4v) is 3.08. The zero-order chi connectivity index (χ0) is 19.0. The van der Waals surface area contributed by atoms with Crippen LogP contribution in [0.25, 0.3) is 0 Å². The SMILES string of the molecule is CCC.CCCC1(CC)OC2=C(C=CCC=C2)C(=O)N1C(=O)C(C)Br. The first-order chi connectivity index (χ1) is 11.9. The molecule has 2 atom stereocenters. The molecule has 0 bridgehead atoms. The average Bonchev–Trinajstić information content (AvgIpc) is 2.81. The van der Waals surface area contributed by atoms with Gasteiger partial charge in [-0.25, -0.2) is 4.90 Å². The van der Waals surface area contributed by atoms with Gasteiger partial charge in [0.15, 0.2) is 5.72 Å². The number of hydrogen-bond acceptors (Lipinski definition) is 3. The molecule has 2 aliphatic rings. The summed E-state index contributed by atoms with van der Waals surface area (Å²) in [5, 5.41) is 0. The molecule has 1 heterocycles. The van der Waals surface area contributed by atoms with Crippen molar-refractivity contribution >= 4 is 27.7 Å². The lowest BCUT2D eigenvalue weighted by Crippen LogP contribution is -2.60. The number of halogens is 1. The van der Waals surface area contributed by atoms with Gasteiger partial charge >= 0.3 is 0 Å². The van der Waals surface area contributed by atoms with Gasteiger partial charge in [0.25, 0.3) is 5.91 Å². The van der Waals surface area contributed by atoms with E-state index in [0.717, 1.165) is 12.8 Å². The first-order valence-electron chi connectivity index (χ1n) is 9.17. The maximum atomic E-state index is 13.0. The van der Waals surface area contributed by atoms with Gasteiger partial charge in [-0.1, -0.05) is 68.6 Å². The molecule has 0 saturated carbocycles. The number of nitrogens with zero attached hydrogens (tertiary/aromatic N) is 1. The minimum absolute atomic E-state index is 0.256. The summed E-state index contributed by atoms with van der Waals surface area (Å²) in [5.41, 5.74) is -0.442. The number of ether oxygens (including phenoxy) is 1. The van der Waals surface area contributed by atoms with Crippen LogP contribution in [0, 0.1) is 0 Å². The number of rotatable bonds is 4. The summed E-state index contributed by atoms with van der Waals surface area (Å²) in [6, 6.07) is 0. The van der Waals surface area contributed by atoms with Gasteiger partial charge in [0.1, 0.15) is 5.76 Å². The number of carbonyl (C=O) groups is 2. The monoisotopic (exact) mass is 411 g/mol. The summed E-state index contributed by atoms with van der Waals surface area (Å²) in [4.78, 5) is 26.5. The van der Waals surface area contributed by atoms with Gasteiger partial charge in [0.05, 0.1) is 10.4 Å². The molecule has 0 radical (unpaired) electrons. The third-order valence-electron chi connectivity index (χ3n) is 3.99. The normalized spacial score (nSPS) is 23.3. The molecule has 0 saturated heterocycles. The summed E-state index contributed by atoms with van der Waals surface area (Å²) < 4.78 is 6.21. The molecule has 0 aromatic carbocycles. The predicted octanol–water partition coefficient (Wildman–Crippen LogP) is 5.25. The molecular weight excluding hydrogens is 382 g/mol. The number of alkyl halides is 1. The highest BCUT2D eigenvalue weighted by molar-refractivity contribution is 9.10. The van der Waals surface area contributed by atoms with Crippen LogP contribution in [0.4, 0.5) is 0 Å². The first-order valence-corrected chi connectivity index (χ1v) is 10.1. The fourth-order valence-electron chi connectivity index (χ4n) is 2.87. The van der Waals surface area contributed by atoms with Crippen molar-refractivity contribution in [2.75, 3.05) is 0 Å². The van der Waals surface area contributed by atoms with Crippen molar-refractivity contribution < 1.29 is 14.3 Å². The Morgan fingerprint density at radius 1 is 1.28 bits per heavy atom. The Hall–Kier alpha value is -1.36. The molecule has 0 fully saturated rings. The Labute approximate surface area is 160 Å². The van der Waals surface area contributed by atoms with Crippen molar-refractivity contribution in [1.82, 2.24) is 4.90 Å². The lowest BCUT2D eigenvalue weighted by molar-refractivity contribution is -0.181. The maximum Gasteiger partial charge on any atom is 0.267 e. The van der Waals surface area contributed by atoms with Gasteiger partial charge in [-0.3, -0.25) is 9.59 Å². The molecule has 5 heteroatoms. The lowest BCUT2D eigenvalue weighted by Gasteiger charge is -2.46. The fraction of sp³-hybridized carbons (Fsp3) is 0.600. The van der Waals surface area contributed by atoms with E-state index in [0.29, 0.717) is 24.2 Å². The second kappa shape index (κ2) is 9.95.